The molecule has 0 spiro atoms. The van der Waals surface area contributed by atoms with E-state index in [9.17, 15) is 64.5 Å². The van der Waals surface area contributed by atoms with E-state index in [0.717, 1.165) is 44.9 Å². The van der Waals surface area contributed by atoms with Crippen molar-refractivity contribution in [2.45, 2.75) is 264 Å². The number of anilines is 1. The number of amides is 2. The maximum Gasteiger partial charge on any atom is 1.00 e. The Morgan fingerprint density at radius 1 is 0.596 bits per heavy atom. The van der Waals surface area contributed by atoms with Crippen LogP contribution in [-0.2, 0) is 62.4 Å². The first kappa shape index (κ1) is 94.0. The van der Waals surface area contributed by atoms with Gasteiger partial charge in [0.2, 0.25) is 5.36 Å². The van der Waals surface area contributed by atoms with Crippen molar-refractivity contribution in [1.82, 2.24) is 15.2 Å². The molecular formula is C80H120N4NaO21PS2. The van der Waals surface area contributed by atoms with Gasteiger partial charge in [-0.2, -0.15) is 8.42 Å². The standard InChI is InChI=1S/C80H121N4O21PS2.Na/c1-8-10-12-14-16-18-20-22-24-26-28-30-32-34-36-38-73(85)101-55-62(104-74(86)39-37-35-33-31-29-27-25-23-21-19-17-15-13-11-9-2)56-103-106(91,92)102-45-43-82-78(90)100-47-46-99-44-42-81-76(87)59-40-41-63(66(48-59)77(88)89)75-67-49-64-60(57-107(93,94)95)53-79(3,4)83-69(64)51-71(67)105-72-52-70-65(50-68(72)75)61(58-108(96,97)98)54-80(5,6)84(70)7;/h40-41,48-54,62H,8-39,42-47,55-58H2,1-7H3,(H6,81,82,87,88,89,90,91,92,93,94,95,96,97,98);/q;+1/p-1/t62-;/m1./s1. The molecule has 29 heteroatoms. The minimum Gasteiger partial charge on any atom is -0.756 e. The number of carbonyl (C=O) groups is 5. The smallest absolute Gasteiger partial charge is 0.756 e. The number of phosphoric ester groups is 1. The second-order valence-electron chi connectivity index (χ2n) is 29.8. The number of esters is 2. The van der Waals surface area contributed by atoms with E-state index in [2.05, 4.69) is 29.8 Å². The Bertz CT molecular complexity index is 3960. The number of rotatable bonds is 55. The number of aromatic carboxylic acids is 1. The Kier molecular flexibility index (Phi) is 41.3. The number of carboxylic acids is 1. The number of nitrogens with zero attached hydrogens (tertiary/aromatic N) is 1. The number of phosphoric acid groups is 1. The van der Waals surface area contributed by atoms with Crippen LogP contribution in [0.2, 0.25) is 0 Å². The molecule has 604 valence electrons. The van der Waals surface area contributed by atoms with Crippen molar-refractivity contribution < 1.29 is 127 Å². The van der Waals surface area contributed by atoms with E-state index in [0.29, 0.717) is 35.0 Å². The Morgan fingerprint density at radius 2 is 1.13 bits per heavy atom. The van der Waals surface area contributed by atoms with Crippen LogP contribution in [0.3, 0.4) is 0 Å². The molecule has 6 rings (SSSR count). The average Bonchev–Trinajstić information content (AvgIpc) is 0.719. The topological polar surface area (TPSA) is 361 Å². The van der Waals surface area contributed by atoms with Gasteiger partial charge in [0.25, 0.3) is 23.8 Å². The van der Waals surface area contributed by atoms with Gasteiger partial charge in [-0.3, -0.25) is 23.5 Å². The summed E-state index contributed by atoms with van der Waals surface area (Å²) in [6.07, 6.45) is 36.8. The summed E-state index contributed by atoms with van der Waals surface area (Å²) in [6.45, 7) is 9.27. The molecule has 0 saturated heterocycles. The van der Waals surface area contributed by atoms with Crippen LogP contribution in [0.4, 0.5) is 10.5 Å². The molecule has 0 aromatic heterocycles. The number of likely N-dealkylation sites (N-methyl/N-ethyl adjacent to an activating group) is 1. The maximum atomic E-state index is 13.7. The van der Waals surface area contributed by atoms with Gasteiger partial charge in [-0.05, 0) is 73.7 Å². The number of carboxylic acid groups (broad SMARTS) is 1. The van der Waals surface area contributed by atoms with Crippen molar-refractivity contribution in [2.24, 2.45) is 0 Å². The fourth-order valence-electron chi connectivity index (χ4n) is 13.8. The van der Waals surface area contributed by atoms with Gasteiger partial charge in [-0.25, -0.2) is 22.6 Å². The molecular weight excluding hydrogens is 1470 g/mol. The summed E-state index contributed by atoms with van der Waals surface area (Å²) in [4.78, 5) is 78.2. The predicted octanol–water partition coefficient (Wildman–Crippen LogP) is 11.0. The van der Waals surface area contributed by atoms with Gasteiger partial charge in [0.05, 0.1) is 65.0 Å². The van der Waals surface area contributed by atoms with Crippen molar-refractivity contribution in [3.05, 3.63) is 98.6 Å². The molecule has 0 saturated carbocycles. The molecule has 1 unspecified atom stereocenters. The third kappa shape index (κ3) is 34.4. The van der Waals surface area contributed by atoms with Gasteiger partial charge in [-0.1, -0.05) is 206 Å². The molecule has 2 amide bonds. The Morgan fingerprint density at radius 3 is 1.67 bits per heavy atom. The Balaban J connectivity index is 0.0000213. The number of benzene rings is 3. The molecule has 0 radical (unpaired) electrons. The Labute approximate surface area is 668 Å². The van der Waals surface area contributed by atoms with E-state index < -0.39 is 106 Å². The summed E-state index contributed by atoms with van der Waals surface area (Å²) in [5.41, 5.74) is 0.163. The van der Waals surface area contributed by atoms with E-state index in [1.54, 1.807) is 57.3 Å². The van der Waals surface area contributed by atoms with Crippen LogP contribution < -0.4 is 70.3 Å². The van der Waals surface area contributed by atoms with Gasteiger partial charge in [0.15, 0.2) is 11.6 Å². The number of ether oxygens (including phenoxy) is 5. The molecule has 0 bridgehead atoms. The van der Waals surface area contributed by atoms with E-state index in [4.69, 9.17) is 32.7 Å². The van der Waals surface area contributed by atoms with Gasteiger partial charge < -0.3 is 63.2 Å². The number of hydrogen-bond acceptors (Lipinski definition) is 20. The molecule has 3 aromatic carbocycles. The number of carbonyl (C=O) groups excluding carboxylic acids is 4. The molecule has 2 atom stereocenters. The number of alkyl carbamates (subject to hydrolysis) is 1. The van der Waals surface area contributed by atoms with Crippen LogP contribution in [-0.4, -0.2) is 149 Å². The summed E-state index contributed by atoms with van der Waals surface area (Å²) in [5, 5.41) is 20.1. The summed E-state index contributed by atoms with van der Waals surface area (Å²) in [5.74, 6) is -4.36. The van der Waals surface area contributed by atoms with Gasteiger partial charge in [0, 0.05) is 79.0 Å². The van der Waals surface area contributed by atoms with Crippen LogP contribution in [0, 0.1) is 0 Å². The minimum atomic E-state index is -5.03. The second kappa shape index (κ2) is 47.8. The van der Waals surface area contributed by atoms with Crippen molar-refractivity contribution in [3.8, 4) is 11.5 Å². The second-order valence-corrected chi connectivity index (χ2v) is 34.1. The molecule has 0 aliphatic carbocycles. The molecule has 0 fully saturated rings. The van der Waals surface area contributed by atoms with E-state index in [-0.39, 0.29) is 131 Å². The quantitative estimate of drug-likeness (QED) is 0.00521. The predicted molar refractivity (Wildman–Crippen MR) is 415 cm³/mol. The molecule has 25 nitrogen and oxygen atoms in total. The third-order valence-corrected chi connectivity index (χ3v) is 21.9. The SMILES string of the molecule is CCCCCCCCCCCCCCCCCC(=O)OC[C@H](COP(=O)([O-])OCCNC(=O)OCCOCCNC(=O)c1ccc(C2=c3cc4c(cc3Oc3cc5c(cc32)C(CS(=O)(=O)[O-])=CC(C)(C)N5)=[N+](C)C(C)(C)C=C4CS(=O)(=O)O)c(C(=O)O)c1)OC(=O)CCCCCCCCCCCCCCCCC.[Na+]. The number of unbranched alkanes of at least 4 members (excludes halogenated alkanes) is 28. The van der Waals surface area contributed by atoms with E-state index in [1.165, 1.54) is 153 Å². The molecule has 3 aromatic rings. The monoisotopic (exact) mass is 1590 g/mol. The van der Waals surface area contributed by atoms with Crippen LogP contribution in [0.25, 0.3) is 16.7 Å². The van der Waals surface area contributed by atoms with E-state index in [1.807, 2.05) is 18.4 Å². The zero-order valence-corrected chi connectivity index (χ0v) is 70.4. The molecule has 3 aliphatic rings. The molecule has 109 heavy (non-hydrogen) atoms. The normalized spacial score (nSPS) is 14.9. The van der Waals surface area contributed by atoms with Crippen molar-refractivity contribution >= 4 is 80.4 Å². The number of hydrogen-bond donors (Lipinski definition) is 5. The summed E-state index contributed by atoms with van der Waals surface area (Å²) in [7, 11) is -12.6. The minimum absolute atomic E-state index is 0. The molecule has 3 aliphatic heterocycles. The molecule has 3 heterocycles. The summed E-state index contributed by atoms with van der Waals surface area (Å²) in [6, 6.07) is 10.5. The first-order valence-corrected chi connectivity index (χ1v) is 43.9. The maximum absolute atomic E-state index is 13.7. The van der Waals surface area contributed by atoms with Crippen molar-refractivity contribution in [3.63, 3.8) is 0 Å². The van der Waals surface area contributed by atoms with Crippen LogP contribution in [0.15, 0.2) is 54.6 Å². The van der Waals surface area contributed by atoms with Crippen LogP contribution in [0.1, 0.15) is 290 Å². The van der Waals surface area contributed by atoms with E-state index >= 15 is 0 Å². The Hall–Kier alpha value is -5.55. The van der Waals surface area contributed by atoms with Gasteiger partial charge in [0.1, 0.15) is 37.5 Å². The summed E-state index contributed by atoms with van der Waals surface area (Å²) < 4.78 is 125. The fourth-order valence-corrected chi connectivity index (χ4v) is 15.8. The summed E-state index contributed by atoms with van der Waals surface area (Å²) >= 11 is 0. The average molecular weight is 1590 g/mol. The fraction of sp³-hybridized carbons (Fsp3) is 0.650. The zero-order chi connectivity index (χ0) is 78.8. The van der Waals surface area contributed by atoms with Crippen LogP contribution in [0.5, 0.6) is 11.5 Å². The molecule has 5 N–H and O–H groups in total. The number of fused-ring (bicyclic) bond motifs is 4. The zero-order valence-electron chi connectivity index (χ0n) is 65.8. The first-order chi connectivity index (χ1) is 51.4. The van der Waals surface area contributed by atoms with Crippen molar-refractivity contribution in [1.29, 1.82) is 0 Å². The number of nitrogens with one attached hydrogen (secondary N) is 3. The first-order valence-electron chi connectivity index (χ1n) is 39.3. The largest absolute Gasteiger partial charge is 1.00 e. The van der Waals surface area contributed by atoms with Gasteiger partial charge in [-0.15, -0.1) is 0 Å². The third-order valence-electron chi connectivity index (χ3n) is 19.6. The van der Waals surface area contributed by atoms with Gasteiger partial charge >= 0.3 is 53.6 Å². The van der Waals surface area contributed by atoms with Crippen molar-refractivity contribution in [2.75, 3.05) is 76.6 Å². The van der Waals surface area contributed by atoms with Crippen LogP contribution >= 0.6 is 7.82 Å².